The van der Waals surface area contributed by atoms with Crippen molar-refractivity contribution in [3.8, 4) is 11.4 Å². The number of aromatic hydroxyl groups is 1. The van der Waals surface area contributed by atoms with Crippen molar-refractivity contribution < 1.29 is 9.90 Å². The van der Waals surface area contributed by atoms with Crippen molar-refractivity contribution in [2.75, 3.05) is 12.3 Å². The van der Waals surface area contributed by atoms with Crippen LogP contribution in [0.25, 0.3) is 5.69 Å². The number of fused-ring (bicyclic) bond motifs is 1. The maximum Gasteiger partial charge on any atom is 0.275 e. The molecule has 0 saturated heterocycles. The highest BCUT2D eigenvalue weighted by Gasteiger charge is 2.18. The number of aromatic nitrogens is 4. The van der Waals surface area contributed by atoms with E-state index in [9.17, 15) is 9.90 Å². The Morgan fingerprint density at radius 1 is 1.29 bits per heavy atom. The van der Waals surface area contributed by atoms with Gasteiger partial charge in [-0.2, -0.15) is 5.10 Å². The monoisotopic (exact) mass is 397 g/mol. The quantitative estimate of drug-likeness (QED) is 0.668. The van der Waals surface area contributed by atoms with Crippen LogP contribution < -0.4 is 5.32 Å². The summed E-state index contributed by atoms with van der Waals surface area (Å²) >= 11 is 1.75. The van der Waals surface area contributed by atoms with Crippen LogP contribution in [-0.4, -0.2) is 42.6 Å². The van der Waals surface area contributed by atoms with Crippen LogP contribution in [0.1, 0.15) is 41.5 Å². The highest BCUT2D eigenvalue weighted by molar-refractivity contribution is 7.99. The van der Waals surface area contributed by atoms with Gasteiger partial charge in [0.2, 0.25) is 0 Å². The van der Waals surface area contributed by atoms with Crippen molar-refractivity contribution in [2.45, 2.75) is 37.9 Å². The molecule has 1 aromatic carbocycles. The Kier molecular flexibility index (Phi) is 5.13. The summed E-state index contributed by atoms with van der Waals surface area (Å²) in [5, 5.41) is 18.2. The van der Waals surface area contributed by atoms with E-state index in [0.29, 0.717) is 18.9 Å². The number of thioether (sulfide) groups is 1. The molecule has 1 aliphatic rings. The summed E-state index contributed by atoms with van der Waals surface area (Å²) in [7, 11) is 0. The molecule has 8 heteroatoms. The highest BCUT2D eigenvalue weighted by atomic mass is 32.2. The summed E-state index contributed by atoms with van der Waals surface area (Å²) in [6.07, 6.45) is 4.13. The third-order valence-electron chi connectivity index (χ3n) is 4.75. The van der Waals surface area contributed by atoms with Gasteiger partial charge < -0.3 is 15.0 Å². The molecule has 0 unspecified atom stereocenters. The molecule has 7 nitrogen and oxygen atoms in total. The summed E-state index contributed by atoms with van der Waals surface area (Å²) in [6, 6.07) is 7.91. The Labute approximate surface area is 167 Å². The van der Waals surface area contributed by atoms with E-state index in [2.05, 4.69) is 33.8 Å². The maximum absolute atomic E-state index is 12.4. The van der Waals surface area contributed by atoms with E-state index < -0.39 is 5.91 Å². The van der Waals surface area contributed by atoms with E-state index >= 15 is 0 Å². The van der Waals surface area contributed by atoms with Gasteiger partial charge in [0.05, 0.1) is 17.6 Å². The zero-order valence-corrected chi connectivity index (χ0v) is 16.7. The van der Waals surface area contributed by atoms with Gasteiger partial charge in [0.25, 0.3) is 5.91 Å². The first-order valence-corrected chi connectivity index (χ1v) is 10.4. The number of hydrogen-bond acceptors (Lipinski definition) is 5. The molecule has 3 aromatic rings. The van der Waals surface area contributed by atoms with Gasteiger partial charge in [-0.1, -0.05) is 37.7 Å². The fraction of sp³-hybridized carbons (Fsp3) is 0.350. The Morgan fingerprint density at radius 3 is 2.79 bits per heavy atom. The third-order valence-corrected chi connectivity index (χ3v) is 5.72. The Morgan fingerprint density at radius 2 is 2.07 bits per heavy atom. The highest BCUT2D eigenvalue weighted by Crippen LogP contribution is 2.24. The summed E-state index contributed by atoms with van der Waals surface area (Å²) in [6.45, 7) is 5.69. The van der Waals surface area contributed by atoms with Crippen LogP contribution in [0.15, 0.2) is 41.8 Å². The second kappa shape index (κ2) is 7.71. The normalized spacial score (nSPS) is 13.1. The number of nitrogens with zero attached hydrogens (tertiary/aromatic N) is 4. The van der Waals surface area contributed by atoms with Gasteiger partial charge in [0.15, 0.2) is 16.6 Å². The zero-order chi connectivity index (χ0) is 19.7. The molecule has 0 aliphatic carbocycles. The lowest BCUT2D eigenvalue weighted by atomic mass is 10.0. The third kappa shape index (κ3) is 3.77. The van der Waals surface area contributed by atoms with Gasteiger partial charge in [-0.25, -0.2) is 9.67 Å². The first-order chi connectivity index (χ1) is 13.5. The van der Waals surface area contributed by atoms with Gasteiger partial charge >= 0.3 is 0 Å². The fourth-order valence-electron chi connectivity index (χ4n) is 3.14. The van der Waals surface area contributed by atoms with Crippen molar-refractivity contribution >= 4 is 17.7 Å². The summed E-state index contributed by atoms with van der Waals surface area (Å²) < 4.78 is 3.66. The minimum Gasteiger partial charge on any atom is -0.504 e. The number of benzene rings is 1. The van der Waals surface area contributed by atoms with Crippen molar-refractivity contribution in [3.63, 3.8) is 0 Å². The van der Waals surface area contributed by atoms with Gasteiger partial charge in [-0.05, 0) is 23.6 Å². The van der Waals surface area contributed by atoms with E-state index in [1.165, 1.54) is 16.4 Å². The molecule has 0 fully saturated rings. The van der Waals surface area contributed by atoms with Gasteiger partial charge in [0, 0.05) is 31.5 Å². The minimum atomic E-state index is -0.392. The lowest BCUT2D eigenvalue weighted by Crippen LogP contribution is -2.26. The van der Waals surface area contributed by atoms with Crippen LogP contribution in [0.4, 0.5) is 0 Å². The van der Waals surface area contributed by atoms with E-state index in [-0.39, 0.29) is 11.4 Å². The summed E-state index contributed by atoms with van der Waals surface area (Å²) in [5.74, 6) is 0.983. The lowest BCUT2D eigenvalue weighted by Gasteiger charge is -2.06. The SMILES string of the molecule is CC(C)c1ccc(-n2cc(O)c(C(=O)NCCc3cn4c(n3)SCC4)n2)cc1. The smallest absolute Gasteiger partial charge is 0.275 e. The standard InChI is InChI=1S/C20H23N5O2S/c1-13(2)14-3-5-16(6-4-14)25-12-17(26)18(23-25)19(27)21-8-7-15-11-24-9-10-28-20(24)22-15/h3-6,11-13,26H,7-10H2,1-2H3,(H,21,27). The number of amides is 1. The molecule has 0 radical (unpaired) electrons. The Hall–Kier alpha value is -2.74. The molecule has 0 spiro atoms. The minimum absolute atomic E-state index is 0.0239. The number of imidazole rings is 1. The van der Waals surface area contributed by atoms with E-state index in [1.54, 1.807) is 11.8 Å². The molecular formula is C20H23N5O2S. The fourth-order valence-corrected chi connectivity index (χ4v) is 4.10. The van der Waals surface area contributed by atoms with Gasteiger partial charge in [0.1, 0.15) is 0 Å². The van der Waals surface area contributed by atoms with Crippen LogP contribution in [-0.2, 0) is 13.0 Å². The molecule has 1 amide bonds. The number of hydrogen-bond donors (Lipinski definition) is 2. The van der Waals surface area contributed by atoms with Crippen molar-refractivity contribution in [3.05, 3.63) is 53.6 Å². The van der Waals surface area contributed by atoms with E-state index in [0.717, 1.165) is 28.8 Å². The topological polar surface area (TPSA) is 85.0 Å². The molecule has 1 aliphatic heterocycles. The predicted octanol–water partition coefficient (Wildman–Crippen LogP) is 2.98. The molecular weight excluding hydrogens is 374 g/mol. The average Bonchev–Trinajstić information content (AvgIpc) is 3.36. The number of rotatable bonds is 6. The molecule has 2 N–H and O–H groups in total. The first kappa shape index (κ1) is 18.6. The number of carbonyl (C=O) groups excluding carboxylic acids is 1. The van der Waals surface area contributed by atoms with Crippen LogP contribution >= 0.6 is 11.8 Å². The summed E-state index contributed by atoms with van der Waals surface area (Å²) in [4.78, 5) is 17.0. The van der Waals surface area contributed by atoms with Crippen LogP contribution in [0.5, 0.6) is 5.75 Å². The Balaban J connectivity index is 1.38. The molecule has 0 saturated carbocycles. The lowest BCUT2D eigenvalue weighted by molar-refractivity contribution is 0.0946. The second-order valence-electron chi connectivity index (χ2n) is 7.12. The van der Waals surface area contributed by atoms with Crippen LogP contribution in [0.3, 0.4) is 0 Å². The molecule has 2 aromatic heterocycles. The van der Waals surface area contributed by atoms with Crippen LogP contribution in [0.2, 0.25) is 0 Å². The largest absolute Gasteiger partial charge is 0.504 e. The molecule has 146 valence electrons. The van der Waals surface area contributed by atoms with Crippen molar-refractivity contribution in [1.29, 1.82) is 0 Å². The number of aryl methyl sites for hydroxylation is 1. The van der Waals surface area contributed by atoms with E-state index in [4.69, 9.17) is 0 Å². The number of carbonyl (C=O) groups is 1. The molecule has 4 rings (SSSR count). The zero-order valence-electron chi connectivity index (χ0n) is 15.9. The molecule has 0 bridgehead atoms. The second-order valence-corrected chi connectivity index (χ2v) is 8.18. The first-order valence-electron chi connectivity index (χ1n) is 9.37. The molecule has 3 heterocycles. The Bertz CT molecular complexity index is 969. The number of nitrogens with one attached hydrogen (secondary N) is 1. The van der Waals surface area contributed by atoms with Crippen molar-refractivity contribution in [2.24, 2.45) is 0 Å². The predicted molar refractivity (Wildman–Crippen MR) is 108 cm³/mol. The van der Waals surface area contributed by atoms with E-state index in [1.807, 2.05) is 30.5 Å². The van der Waals surface area contributed by atoms with Crippen molar-refractivity contribution in [1.82, 2.24) is 24.6 Å². The maximum atomic E-state index is 12.4. The van der Waals surface area contributed by atoms with Gasteiger partial charge in [-0.3, -0.25) is 4.79 Å². The molecule has 0 atom stereocenters. The summed E-state index contributed by atoms with van der Waals surface area (Å²) in [5.41, 5.74) is 3.00. The average molecular weight is 398 g/mol. The van der Waals surface area contributed by atoms with Crippen LogP contribution in [0, 0.1) is 0 Å². The molecule has 28 heavy (non-hydrogen) atoms. The van der Waals surface area contributed by atoms with Gasteiger partial charge in [-0.15, -0.1) is 0 Å².